The third-order valence-corrected chi connectivity index (χ3v) is 4.45. The molecule has 0 aliphatic carbocycles. The van der Waals surface area contributed by atoms with Crippen molar-refractivity contribution in [3.63, 3.8) is 0 Å². The fourth-order valence-corrected chi connectivity index (χ4v) is 2.94. The van der Waals surface area contributed by atoms with Gasteiger partial charge in [-0.1, -0.05) is 23.7 Å². The van der Waals surface area contributed by atoms with Crippen LogP contribution in [0.3, 0.4) is 0 Å². The number of carbonyl (C=O) groups excluding carboxylic acids is 1. The van der Waals surface area contributed by atoms with Crippen molar-refractivity contribution >= 4 is 29.3 Å². The molecule has 0 saturated carbocycles. The smallest absolute Gasteiger partial charge is 0.319 e. The van der Waals surface area contributed by atoms with Gasteiger partial charge in [-0.3, -0.25) is 9.36 Å². The van der Waals surface area contributed by atoms with E-state index >= 15 is 0 Å². The first-order valence-electron chi connectivity index (χ1n) is 6.40. The Balaban J connectivity index is 1.92. The number of thioether (sulfide) groups is 1. The first-order chi connectivity index (χ1) is 10.5. The van der Waals surface area contributed by atoms with Crippen molar-refractivity contribution in [2.45, 2.75) is 18.0 Å². The number of carbonyl (C=O) groups is 1. The van der Waals surface area contributed by atoms with Gasteiger partial charge in [-0.25, -0.2) is 4.98 Å². The van der Waals surface area contributed by atoms with Crippen molar-refractivity contribution in [1.82, 2.24) is 14.5 Å². The molecular formula is C14H14ClF2N3OS. The van der Waals surface area contributed by atoms with Crippen LogP contribution < -0.4 is 0 Å². The SMILES string of the molecule is CN(Cc1nccn1C(F)F)C(=O)CSc1ccccc1Cl. The predicted molar refractivity (Wildman–Crippen MR) is 82.1 cm³/mol. The molecule has 1 amide bonds. The van der Waals surface area contributed by atoms with E-state index in [-0.39, 0.29) is 24.0 Å². The lowest BCUT2D eigenvalue weighted by Gasteiger charge is -2.17. The van der Waals surface area contributed by atoms with Gasteiger partial charge in [0.25, 0.3) is 0 Å². The highest BCUT2D eigenvalue weighted by Crippen LogP contribution is 2.26. The van der Waals surface area contributed by atoms with E-state index in [1.54, 1.807) is 13.1 Å². The Bertz CT molecular complexity index is 651. The van der Waals surface area contributed by atoms with Crippen LogP contribution in [0.1, 0.15) is 12.4 Å². The summed E-state index contributed by atoms with van der Waals surface area (Å²) in [5.74, 6) is 0.137. The molecule has 0 spiro atoms. The number of alkyl halides is 2. The van der Waals surface area contributed by atoms with Crippen LogP contribution in [0.25, 0.3) is 0 Å². The molecule has 0 fully saturated rings. The molecule has 1 aromatic heterocycles. The second kappa shape index (κ2) is 7.60. The molecule has 0 radical (unpaired) electrons. The lowest BCUT2D eigenvalue weighted by atomic mass is 10.4. The molecule has 0 saturated heterocycles. The summed E-state index contributed by atoms with van der Waals surface area (Å²) in [4.78, 5) is 18.1. The number of hydrogen-bond acceptors (Lipinski definition) is 3. The molecule has 0 atom stereocenters. The summed E-state index contributed by atoms with van der Waals surface area (Å²) in [6.45, 7) is -2.64. The Hall–Kier alpha value is -1.60. The molecule has 2 rings (SSSR count). The molecule has 0 bridgehead atoms. The van der Waals surface area contributed by atoms with Crippen LogP contribution in [0, 0.1) is 0 Å². The summed E-state index contributed by atoms with van der Waals surface area (Å²) in [7, 11) is 1.56. The molecule has 0 unspecified atom stereocenters. The Morgan fingerprint density at radius 2 is 2.18 bits per heavy atom. The first kappa shape index (κ1) is 16.8. The Labute approximate surface area is 136 Å². The summed E-state index contributed by atoms with van der Waals surface area (Å²) in [5, 5.41) is 0.580. The second-order valence-corrected chi connectivity index (χ2v) is 5.92. The maximum atomic E-state index is 12.7. The monoisotopic (exact) mass is 345 g/mol. The fourth-order valence-electron chi connectivity index (χ4n) is 1.76. The minimum absolute atomic E-state index is 0.0270. The minimum Gasteiger partial charge on any atom is -0.338 e. The molecule has 0 aliphatic rings. The number of benzene rings is 1. The van der Waals surface area contributed by atoms with E-state index < -0.39 is 6.55 Å². The van der Waals surface area contributed by atoms with E-state index in [2.05, 4.69) is 4.98 Å². The van der Waals surface area contributed by atoms with Crippen LogP contribution in [-0.2, 0) is 11.3 Å². The Kier molecular flexibility index (Phi) is 5.79. The predicted octanol–water partition coefficient (Wildman–Crippen LogP) is 3.68. The lowest BCUT2D eigenvalue weighted by molar-refractivity contribution is -0.127. The van der Waals surface area contributed by atoms with Crippen LogP contribution in [0.5, 0.6) is 0 Å². The first-order valence-corrected chi connectivity index (χ1v) is 7.76. The molecule has 0 N–H and O–H groups in total. The normalized spacial score (nSPS) is 11.0. The van der Waals surface area contributed by atoms with Crippen molar-refractivity contribution in [2.75, 3.05) is 12.8 Å². The molecule has 4 nitrogen and oxygen atoms in total. The summed E-state index contributed by atoms with van der Waals surface area (Å²) in [6, 6.07) is 7.22. The van der Waals surface area contributed by atoms with Gasteiger partial charge in [0.1, 0.15) is 5.82 Å². The highest BCUT2D eigenvalue weighted by Gasteiger charge is 2.16. The van der Waals surface area contributed by atoms with E-state index in [1.165, 1.54) is 29.1 Å². The van der Waals surface area contributed by atoms with Crippen LogP contribution in [-0.4, -0.2) is 33.2 Å². The van der Waals surface area contributed by atoms with Crippen molar-refractivity contribution in [1.29, 1.82) is 0 Å². The number of imidazole rings is 1. The van der Waals surface area contributed by atoms with Crippen LogP contribution >= 0.6 is 23.4 Å². The van der Waals surface area contributed by atoms with Gasteiger partial charge < -0.3 is 4.90 Å². The van der Waals surface area contributed by atoms with Crippen molar-refractivity contribution in [3.8, 4) is 0 Å². The van der Waals surface area contributed by atoms with Crippen LogP contribution in [0.2, 0.25) is 5.02 Å². The van der Waals surface area contributed by atoms with Crippen molar-refractivity contribution in [2.24, 2.45) is 0 Å². The van der Waals surface area contributed by atoms with E-state index in [4.69, 9.17) is 11.6 Å². The number of hydrogen-bond donors (Lipinski definition) is 0. The molecule has 1 heterocycles. The molecule has 1 aromatic carbocycles. The second-order valence-electron chi connectivity index (χ2n) is 4.50. The van der Waals surface area contributed by atoms with Crippen LogP contribution in [0.15, 0.2) is 41.6 Å². The van der Waals surface area contributed by atoms with Gasteiger partial charge in [0.05, 0.1) is 17.3 Å². The Morgan fingerprint density at radius 3 is 2.86 bits per heavy atom. The van der Waals surface area contributed by atoms with Gasteiger partial charge in [0.15, 0.2) is 0 Å². The maximum absolute atomic E-state index is 12.7. The molecule has 0 aliphatic heterocycles. The molecule has 8 heteroatoms. The van der Waals surface area contributed by atoms with E-state index in [1.807, 2.05) is 18.2 Å². The van der Waals surface area contributed by atoms with Crippen molar-refractivity contribution in [3.05, 3.63) is 47.5 Å². The largest absolute Gasteiger partial charge is 0.338 e. The highest BCUT2D eigenvalue weighted by atomic mass is 35.5. The fraction of sp³-hybridized carbons (Fsp3) is 0.286. The number of amides is 1. The van der Waals surface area contributed by atoms with Crippen molar-refractivity contribution < 1.29 is 13.6 Å². The lowest BCUT2D eigenvalue weighted by Crippen LogP contribution is -2.29. The Morgan fingerprint density at radius 1 is 1.45 bits per heavy atom. The van der Waals surface area contributed by atoms with Gasteiger partial charge in [-0.05, 0) is 12.1 Å². The molecule has 22 heavy (non-hydrogen) atoms. The summed E-state index contributed by atoms with van der Waals surface area (Å²) < 4.78 is 26.2. The van der Waals surface area contributed by atoms with Gasteiger partial charge in [0.2, 0.25) is 5.91 Å². The zero-order chi connectivity index (χ0) is 16.1. The number of nitrogens with zero attached hydrogens (tertiary/aromatic N) is 3. The summed E-state index contributed by atoms with van der Waals surface area (Å²) in [5.41, 5.74) is 0. The average Bonchev–Trinajstić information content (AvgIpc) is 2.94. The summed E-state index contributed by atoms with van der Waals surface area (Å²) in [6.07, 6.45) is 2.48. The maximum Gasteiger partial charge on any atom is 0.319 e. The third-order valence-electron chi connectivity index (χ3n) is 2.95. The van der Waals surface area contributed by atoms with Gasteiger partial charge in [-0.15, -0.1) is 11.8 Å². The quantitative estimate of drug-likeness (QED) is 0.749. The topological polar surface area (TPSA) is 38.1 Å². The van der Waals surface area contributed by atoms with Gasteiger partial charge in [0, 0.05) is 24.3 Å². The van der Waals surface area contributed by atoms with Gasteiger partial charge in [-0.2, -0.15) is 8.78 Å². The number of halogens is 3. The van der Waals surface area contributed by atoms with E-state index in [9.17, 15) is 13.6 Å². The molecular weight excluding hydrogens is 332 g/mol. The zero-order valence-electron chi connectivity index (χ0n) is 11.7. The number of rotatable bonds is 6. The minimum atomic E-state index is -2.67. The van der Waals surface area contributed by atoms with Gasteiger partial charge >= 0.3 is 6.55 Å². The standard InChI is InChI=1S/C14H14ClF2N3OS/c1-19(8-12-18-6-7-20(12)14(16)17)13(21)9-22-11-5-3-2-4-10(11)15/h2-7,14H,8-9H2,1H3. The van der Waals surface area contributed by atoms with E-state index in [0.29, 0.717) is 5.02 Å². The average molecular weight is 346 g/mol. The van der Waals surface area contributed by atoms with Crippen LogP contribution in [0.4, 0.5) is 8.78 Å². The number of aromatic nitrogens is 2. The molecule has 118 valence electrons. The third kappa shape index (κ3) is 4.20. The zero-order valence-corrected chi connectivity index (χ0v) is 13.3. The highest BCUT2D eigenvalue weighted by molar-refractivity contribution is 8.00. The molecule has 2 aromatic rings. The summed E-state index contributed by atoms with van der Waals surface area (Å²) >= 11 is 7.32. The van der Waals surface area contributed by atoms with E-state index in [0.717, 1.165) is 9.46 Å².